The first-order valence-corrected chi connectivity index (χ1v) is 5.47. The molecule has 2 unspecified atom stereocenters. The van der Waals surface area contributed by atoms with Gasteiger partial charge in [0.1, 0.15) is 6.04 Å². The van der Waals surface area contributed by atoms with Gasteiger partial charge in [0.25, 0.3) is 0 Å². The molecule has 0 radical (unpaired) electrons. The predicted molar refractivity (Wildman–Crippen MR) is 62.7 cm³/mol. The lowest BCUT2D eigenvalue weighted by molar-refractivity contribution is -0.117. The van der Waals surface area contributed by atoms with E-state index in [9.17, 15) is 9.18 Å². The molecule has 1 amide bonds. The van der Waals surface area contributed by atoms with Crippen LogP contribution in [0.15, 0.2) is 18.2 Å². The van der Waals surface area contributed by atoms with Crippen molar-refractivity contribution in [2.45, 2.75) is 18.6 Å². The van der Waals surface area contributed by atoms with E-state index in [1.807, 2.05) is 0 Å². The fourth-order valence-corrected chi connectivity index (χ4v) is 1.75. The highest BCUT2D eigenvalue weighted by Gasteiger charge is 2.27. The van der Waals surface area contributed by atoms with Crippen LogP contribution in [0.5, 0.6) is 0 Å². The van der Waals surface area contributed by atoms with E-state index in [-0.39, 0.29) is 22.8 Å². The molecule has 0 aromatic heterocycles. The van der Waals surface area contributed by atoms with Crippen LogP contribution in [0, 0.1) is 5.82 Å². The minimum Gasteiger partial charge on any atom is -0.322 e. The first-order valence-electron chi connectivity index (χ1n) is 5.09. The van der Waals surface area contributed by atoms with E-state index < -0.39 is 11.9 Å². The summed E-state index contributed by atoms with van der Waals surface area (Å²) in [5.74, 6) is -0.996. The lowest BCUT2D eigenvalue weighted by Gasteiger charge is -2.11. The molecule has 1 saturated heterocycles. The Labute approximate surface area is 102 Å². The molecule has 5 nitrogen and oxygen atoms in total. The first-order chi connectivity index (χ1) is 8.08. The Morgan fingerprint density at radius 3 is 2.94 bits per heavy atom. The van der Waals surface area contributed by atoms with Crippen LogP contribution in [-0.2, 0) is 4.79 Å². The van der Waals surface area contributed by atoms with Crippen molar-refractivity contribution < 1.29 is 9.18 Å². The molecule has 1 aliphatic rings. The quantitative estimate of drug-likeness (QED) is 0.625. The van der Waals surface area contributed by atoms with Crippen LogP contribution in [-0.4, -0.2) is 18.1 Å². The molecular weight excluding hydrogens is 247 g/mol. The van der Waals surface area contributed by atoms with Crippen molar-refractivity contribution in [1.82, 2.24) is 10.9 Å². The lowest BCUT2D eigenvalue weighted by atomic mass is 10.2. The molecule has 1 heterocycles. The normalized spacial score (nSPS) is 23.7. The summed E-state index contributed by atoms with van der Waals surface area (Å²) >= 11 is 5.61. The topological polar surface area (TPSA) is 79.2 Å². The highest BCUT2D eigenvalue weighted by atomic mass is 35.5. The van der Waals surface area contributed by atoms with Gasteiger partial charge in [0.2, 0.25) is 5.91 Å². The van der Waals surface area contributed by atoms with E-state index in [0.717, 1.165) is 0 Å². The molecule has 2 rings (SSSR count). The number of halogens is 2. The lowest BCUT2D eigenvalue weighted by Crippen LogP contribution is -2.41. The maximum absolute atomic E-state index is 13.5. The molecule has 92 valence electrons. The van der Waals surface area contributed by atoms with Gasteiger partial charge in [0.05, 0.1) is 16.9 Å². The average Bonchev–Trinajstić information content (AvgIpc) is 2.72. The number of carbonyl (C=O) groups is 1. The fourth-order valence-electron chi connectivity index (χ4n) is 1.57. The standard InChI is InChI=1S/C10H12ClFN4O/c11-5-2-1-3-6(9(5)12)14-10(17)7-4-8(13)16-15-7/h1-3,7-8,15-16H,4,13H2,(H,14,17). The van der Waals surface area contributed by atoms with Gasteiger partial charge in [-0.25, -0.2) is 15.2 Å². The van der Waals surface area contributed by atoms with Crippen LogP contribution in [0.4, 0.5) is 10.1 Å². The minimum atomic E-state index is -0.641. The molecule has 0 bridgehead atoms. The zero-order valence-electron chi connectivity index (χ0n) is 8.84. The molecule has 0 aliphatic carbocycles. The zero-order valence-corrected chi connectivity index (χ0v) is 9.59. The van der Waals surface area contributed by atoms with Gasteiger partial charge in [-0.05, 0) is 12.1 Å². The van der Waals surface area contributed by atoms with Gasteiger partial charge in [0.15, 0.2) is 5.82 Å². The molecule has 1 fully saturated rings. The van der Waals surface area contributed by atoms with Crippen LogP contribution < -0.4 is 21.9 Å². The van der Waals surface area contributed by atoms with Crippen molar-refractivity contribution in [2.75, 3.05) is 5.32 Å². The average molecular weight is 259 g/mol. The number of nitrogens with two attached hydrogens (primary N) is 1. The Hall–Kier alpha value is -1.21. The first kappa shape index (κ1) is 12.3. The predicted octanol–water partition coefficient (Wildman–Crippen LogP) is 0.569. The third-order valence-electron chi connectivity index (χ3n) is 2.46. The third-order valence-corrected chi connectivity index (χ3v) is 2.75. The van der Waals surface area contributed by atoms with E-state index in [2.05, 4.69) is 16.2 Å². The van der Waals surface area contributed by atoms with Crippen molar-refractivity contribution in [1.29, 1.82) is 0 Å². The third kappa shape index (κ3) is 2.73. The number of carbonyl (C=O) groups excluding carboxylic acids is 1. The minimum absolute atomic E-state index is 0.0305. The number of hydrogen-bond acceptors (Lipinski definition) is 4. The largest absolute Gasteiger partial charge is 0.322 e. The van der Waals surface area contributed by atoms with Gasteiger partial charge in [-0.3, -0.25) is 4.79 Å². The summed E-state index contributed by atoms with van der Waals surface area (Å²) in [5.41, 5.74) is 11.0. The number of hydrogen-bond donors (Lipinski definition) is 4. The van der Waals surface area contributed by atoms with Crippen LogP contribution in [0.25, 0.3) is 0 Å². The number of rotatable bonds is 2. The van der Waals surface area contributed by atoms with E-state index >= 15 is 0 Å². The fraction of sp³-hybridized carbons (Fsp3) is 0.300. The molecule has 7 heteroatoms. The Morgan fingerprint density at radius 1 is 1.53 bits per heavy atom. The highest BCUT2D eigenvalue weighted by molar-refractivity contribution is 6.31. The maximum Gasteiger partial charge on any atom is 0.243 e. The molecule has 1 aliphatic heterocycles. The van der Waals surface area contributed by atoms with E-state index in [1.165, 1.54) is 12.1 Å². The summed E-state index contributed by atoms with van der Waals surface area (Å²) < 4.78 is 13.5. The number of nitrogens with one attached hydrogen (secondary N) is 3. The van der Waals surface area contributed by atoms with Crippen molar-refractivity contribution in [3.8, 4) is 0 Å². The smallest absolute Gasteiger partial charge is 0.243 e. The van der Waals surface area contributed by atoms with Crippen LogP contribution in [0.3, 0.4) is 0 Å². The second kappa shape index (κ2) is 4.97. The van der Waals surface area contributed by atoms with E-state index in [1.54, 1.807) is 6.07 Å². The number of hydrazine groups is 1. The molecule has 1 aromatic carbocycles. The summed E-state index contributed by atoms with van der Waals surface area (Å²) in [6.45, 7) is 0. The van der Waals surface area contributed by atoms with Crippen molar-refractivity contribution in [2.24, 2.45) is 5.73 Å². The Kier molecular flexibility index (Phi) is 3.58. The van der Waals surface area contributed by atoms with E-state index in [0.29, 0.717) is 6.42 Å². The number of amides is 1. The zero-order chi connectivity index (χ0) is 12.4. The SMILES string of the molecule is NC1CC(C(=O)Nc2cccc(Cl)c2F)NN1. The molecule has 0 saturated carbocycles. The second-order valence-corrected chi connectivity index (χ2v) is 4.18. The van der Waals surface area contributed by atoms with Crippen LogP contribution in [0.2, 0.25) is 5.02 Å². The van der Waals surface area contributed by atoms with E-state index in [4.69, 9.17) is 17.3 Å². The Balaban J connectivity index is 2.06. The Morgan fingerprint density at radius 2 is 2.29 bits per heavy atom. The van der Waals surface area contributed by atoms with Gasteiger partial charge >= 0.3 is 0 Å². The van der Waals surface area contributed by atoms with Gasteiger partial charge < -0.3 is 11.1 Å². The number of anilines is 1. The van der Waals surface area contributed by atoms with Crippen LogP contribution in [0.1, 0.15) is 6.42 Å². The summed E-state index contributed by atoms with van der Waals surface area (Å²) in [7, 11) is 0. The second-order valence-electron chi connectivity index (χ2n) is 3.77. The Bertz CT molecular complexity index is 442. The monoisotopic (exact) mass is 258 g/mol. The van der Waals surface area contributed by atoms with Crippen LogP contribution >= 0.6 is 11.6 Å². The molecule has 17 heavy (non-hydrogen) atoms. The maximum atomic E-state index is 13.5. The summed E-state index contributed by atoms with van der Waals surface area (Å²) in [6, 6.07) is 3.94. The van der Waals surface area contributed by atoms with Crippen molar-refractivity contribution >= 4 is 23.2 Å². The molecule has 1 aromatic rings. The van der Waals surface area contributed by atoms with Gasteiger partial charge in [0, 0.05) is 6.42 Å². The molecule has 5 N–H and O–H groups in total. The summed E-state index contributed by atoms with van der Waals surface area (Å²) in [5, 5.41) is 2.43. The molecular formula is C10H12ClFN4O. The molecule has 2 atom stereocenters. The molecule has 0 spiro atoms. The van der Waals surface area contributed by atoms with Crippen molar-refractivity contribution in [3.05, 3.63) is 29.0 Å². The highest BCUT2D eigenvalue weighted by Crippen LogP contribution is 2.22. The van der Waals surface area contributed by atoms with Gasteiger partial charge in [-0.1, -0.05) is 17.7 Å². The summed E-state index contributed by atoms with van der Waals surface area (Å²) in [4.78, 5) is 11.7. The number of benzene rings is 1. The van der Waals surface area contributed by atoms with Crippen molar-refractivity contribution in [3.63, 3.8) is 0 Å². The summed E-state index contributed by atoms with van der Waals surface area (Å²) in [6.07, 6.45) is 0.156. The van der Waals surface area contributed by atoms with Gasteiger partial charge in [-0.2, -0.15) is 0 Å². The van der Waals surface area contributed by atoms with Gasteiger partial charge in [-0.15, -0.1) is 0 Å².